The largest absolute Gasteiger partial charge is 0.311 e. The minimum atomic E-state index is 0.507. The van der Waals surface area contributed by atoms with Crippen molar-refractivity contribution in [1.29, 1.82) is 0 Å². The molecular weight excluding hydrogens is 266 g/mol. The standard InChI is InChI=1S/C16H25N3S/c1-10(2)14(8-17-11(3)4)7-15-13(6)18-16-19(15)9-12(5)20-16/h7,9-11,17H,8H2,1-6H3. The highest BCUT2D eigenvalue weighted by molar-refractivity contribution is 7.17. The predicted octanol–water partition coefficient (Wildman–Crippen LogP) is 4.05. The SMILES string of the molecule is Cc1cn2c(C=C(CNC(C)C)C(C)C)c(C)nc2s1. The van der Waals surface area contributed by atoms with Gasteiger partial charge in [0, 0.05) is 23.7 Å². The molecule has 110 valence electrons. The van der Waals surface area contributed by atoms with Crippen LogP contribution in [-0.2, 0) is 0 Å². The Balaban J connectivity index is 2.39. The number of aromatic nitrogens is 2. The smallest absolute Gasteiger partial charge is 0.194 e. The molecule has 0 saturated heterocycles. The molecule has 0 fully saturated rings. The summed E-state index contributed by atoms with van der Waals surface area (Å²) in [5.74, 6) is 0.533. The number of nitrogens with zero attached hydrogens (tertiary/aromatic N) is 2. The summed E-state index contributed by atoms with van der Waals surface area (Å²) in [6, 6.07) is 0.507. The molecule has 0 aliphatic heterocycles. The zero-order valence-corrected chi connectivity index (χ0v) is 14.1. The quantitative estimate of drug-likeness (QED) is 0.900. The maximum absolute atomic E-state index is 4.66. The lowest BCUT2D eigenvalue weighted by atomic mass is 10.0. The number of fused-ring (bicyclic) bond motifs is 1. The van der Waals surface area contributed by atoms with E-state index in [1.165, 1.54) is 16.1 Å². The first-order valence-corrected chi connectivity index (χ1v) is 8.09. The van der Waals surface area contributed by atoms with Gasteiger partial charge in [0.15, 0.2) is 4.96 Å². The van der Waals surface area contributed by atoms with E-state index in [1.807, 2.05) is 0 Å². The summed E-state index contributed by atoms with van der Waals surface area (Å²) in [5, 5.41) is 3.52. The number of imidazole rings is 1. The van der Waals surface area contributed by atoms with Crippen molar-refractivity contribution in [2.45, 2.75) is 47.6 Å². The van der Waals surface area contributed by atoms with Crippen LogP contribution in [0.1, 0.15) is 44.0 Å². The van der Waals surface area contributed by atoms with Gasteiger partial charge in [-0.3, -0.25) is 4.40 Å². The molecule has 0 unspecified atom stereocenters. The van der Waals surface area contributed by atoms with Crippen molar-refractivity contribution in [1.82, 2.24) is 14.7 Å². The van der Waals surface area contributed by atoms with Crippen molar-refractivity contribution < 1.29 is 0 Å². The molecule has 0 atom stereocenters. The van der Waals surface area contributed by atoms with Gasteiger partial charge in [0.05, 0.1) is 11.4 Å². The Morgan fingerprint density at radius 1 is 1.35 bits per heavy atom. The summed E-state index contributed by atoms with van der Waals surface area (Å²) in [5.41, 5.74) is 3.75. The van der Waals surface area contributed by atoms with Crippen LogP contribution >= 0.6 is 11.3 Å². The molecular formula is C16H25N3S. The summed E-state index contributed by atoms with van der Waals surface area (Å²) in [6.07, 6.45) is 4.49. The molecule has 0 spiro atoms. The van der Waals surface area contributed by atoms with Gasteiger partial charge in [-0.15, -0.1) is 11.3 Å². The number of hydrogen-bond acceptors (Lipinski definition) is 3. The maximum atomic E-state index is 4.66. The Morgan fingerprint density at radius 2 is 2.05 bits per heavy atom. The third-order valence-electron chi connectivity index (χ3n) is 3.44. The lowest BCUT2D eigenvalue weighted by Gasteiger charge is -2.15. The summed E-state index contributed by atoms with van der Waals surface area (Å²) in [6.45, 7) is 14.0. The van der Waals surface area contributed by atoms with Crippen LogP contribution in [0.4, 0.5) is 0 Å². The normalized spacial score (nSPS) is 13.1. The molecule has 2 aromatic heterocycles. The first-order valence-electron chi connectivity index (χ1n) is 7.27. The topological polar surface area (TPSA) is 29.3 Å². The highest BCUT2D eigenvalue weighted by Gasteiger charge is 2.12. The summed E-state index contributed by atoms with van der Waals surface area (Å²) in [4.78, 5) is 7.05. The van der Waals surface area contributed by atoms with Crippen molar-refractivity contribution in [3.63, 3.8) is 0 Å². The summed E-state index contributed by atoms with van der Waals surface area (Å²) < 4.78 is 2.22. The van der Waals surface area contributed by atoms with Crippen LogP contribution in [0.5, 0.6) is 0 Å². The van der Waals surface area contributed by atoms with Gasteiger partial charge < -0.3 is 5.32 Å². The molecule has 0 aromatic carbocycles. The summed E-state index contributed by atoms with van der Waals surface area (Å²) >= 11 is 1.75. The van der Waals surface area contributed by atoms with Crippen molar-refractivity contribution >= 4 is 22.4 Å². The molecule has 3 nitrogen and oxygen atoms in total. The van der Waals surface area contributed by atoms with Crippen LogP contribution < -0.4 is 5.32 Å². The lowest BCUT2D eigenvalue weighted by Crippen LogP contribution is -2.26. The molecule has 1 N–H and O–H groups in total. The van der Waals surface area contributed by atoms with Gasteiger partial charge in [-0.1, -0.05) is 33.3 Å². The van der Waals surface area contributed by atoms with Crippen molar-refractivity contribution in [2.75, 3.05) is 6.54 Å². The third-order valence-corrected chi connectivity index (χ3v) is 4.34. The Morgan fingerprint density at radius 3 is 2.65 bits per heavy atom. The second kappa shape index (κ2) is 6.10. The molecule has 0 aliphatic carbocycles. The zero-order valence-electron chi connectivity index (χ0n) is 13.3. The van der Waals surface area contributed by atoms with Gasteiger partial charge in [0.2, 0.25) is 0 Å². The molecule has 4 heteroatoms. The van der Waals surface area contributed by atoms with Gasteiger partial charge in [-0.05, 0) is 25.8 Å². The molecule has 2 aromatic rings. The average Bonchev–Trinajstić information content (AvgIpc) is 2.80. The average molecular weight is 291 g/mol. The Hall–Kier alpha value is -1.13. The van der Waals surface area contributed by atoms with E-state index < -0.39 is 0 Å². The van der Waals surface area contributed by atoms with E-state index in [-0.39, 0.29) is 0 Å². The van der Waals surface area contributed by atoms with E-state index in [0.717, 1.165) is 17.2 Å². The minimum Gasteiger partial charge on any atom is -0.311 e. The number of hydrogen-bond donors (Lipinski definition) is 1. The third kappa shape index (κ3) is 3.30. The van der Waals surface area contributed by atoms with Crippen LogP contribution in [0, 0.1) is 19.8 Å². The van der Waals surface area contributed by atoms with Gasteiger partial charge >= 0.3 is 0 Å². The first kappa shape index (κ1) is 15.3. The molecule has 0 saturated carbocycles. The molecule has 0 bridgehead atoms. The Bertz CT molecular complexity index is 617. The Kier molecular flexibility index (Phi) is 4.66. The van der Waals surface area contributed by atoms with E-state index in [1.54, 1.807) is 11.3 Å². The van der Waals surface area contributed by atoms with E-state index in [4.69, 9.17) is 0 Å². The van der Waals surface area contributed by atoms with Crippen molar-refractivity contribution in [2.24, 2.45) is 5.92 Å². The zero-order chi connectivity index (χ0) is 14.9. The fourth-order valence-corrected chi connectivity index (χ4v) is 3.05. The van der Waals surface area contributed by atoms with Gasteiger partial charge in [-0.2, -0.15) is 0 Å². The fraction of sp³-hybridized carbons (Fsp3) is 0.562. The second-order valence-corrected chi connectivity index (χ2v) is 7.20. The summed E-state index contributed by atoms with van der Waals surface area (Å²) in [7, 11) is 0. The van der Waals surface area contributed by atoms with Crippen LogP contribution in [0.2, 0.25) is 0 Å². The maximum Gasteiger partial charge on any atom is 0.194 e. The molecule has 0 amide bonds. The first-order chi connectivity index (χ1) is 9.38. The predicted molar refractivity (Wildman–Crippen MR) is 88.5 cm³/mol. The highest BCUT2D eigenvalue weighted by Crippen LogP contribution is 2.23. The van der Waals surface area contributed by atoms with E-state index >= 15 is 0 Å². The second-order valence-electron chi connectivity index (χ2n) is 5.99. The molecule has 2 heterocycles. The molecule has 2 rings (SSSR count). The minimum absolute atomic E-state index is 0.507. The number of thiazole rings is 1. The molecule has 20 heavy (non-hydrogen) atoms. The van der Waals surface area contributed by atoms with Crippen LogP contribution in [0.25, 0.3) is 11.0 Å². The monoisotopic (exact) mass is 291 g/mol. The number of aryl methyl sites for hydroxylation is 2. The molecule has 0 aliphatic rings. The van der Waals surface area contributed by atoms with Gasteiger partial charge in [-0.25, -0.2) is 4.98 Å². The van der Waals surface area contributed by atoms with E-state index in [2.05, 4.69) is 68.5 Å². The number of nitrogens with one attached hydrogen (secondary N) is 1. The van der Waals surface area contributed by atoms with Crippen molar-refractivity contribution in [3.05, 3.63) is 28.0 Å². The van der Waals surface area contributed by atoms with Gasteiger partial charge in [0.1, 0.15) is 0 Å². The van der Waals surface area contributed by atoms with Crippen LogP contribution in [-0.4, -0.2) is 22.0 Å². The molecule has 0 radical (unpaired) electrons. The van der Waals surface area contributed by atoms with E-state index in [9.17, 15) is 0 Å². The highest BCUT2D eigenvalue weighted by atomic mass is 32.1. The fourth-order valence-electron chi connectivity index (χ4n) is 2.17. The van der Waals surface area contributed by atoms with Crippen LogP contribution in [0.15, 0.2) is 11.8 Å². The Labute approximate surface area is 125 Å². The lowest BCUT2D eigenvalue weighted by molar-refractivity contribution is 0.593. The van der Waals surface area contributed by atoms with Crippen LogP contribution in [0.3, 0.4) is 0 Å². The van der Waals surface area contributed by atoms with Gasteiger partial charge in [0.25, 0.3) is 0 Å². The number of rotatable bonds is 5. The van der Waals surface area contributed by atoms with Crippen molar-refractivity contribution in [3.8, 4) is 0 Å². The van der Waals surface area contributed by atoms with E-state index in [0.29, 0.717) is 12.0 Å².